The number of aryl methyl sites for hydroxylation is 1. The van der Waals surface area contributed by atoms with E-state index in [1.165, 1.54) is 42.7 Å². The van der Waals surface area contributed by atoms with E-state index in [4.69, 9.17) is 0 Å². The van der Waals surface area contributed by atoms with Crippen molar-refractivity contribution in [2.45, 2.75) is 45.1 Å². The van der Waals surface area contributed by atoms with Crippen molar-refractivity contribution >= 4 is 5.69 Å². The third-order valence-electron chi connectivity index (χ3n) is 4.41. The summed E-state index contributed by atoms with van der Waals surface area (Å²) in [6.07, 6.45) is 2.67. The van der Waals surface area contributed by atoms with Gasteiger partial charge in [-0.05, 0) is 43.5 Å². The Morgan fingerprint density at radius 1 is 1.39 bits per heavy atom. The van der Waals surface area contributed by atoms with Gasteiger partial charge < -0.3 is 10.2 Å². The fourth-order valence-corrected chi connectivity index (χ4v) is 3.46. The highest BCUT2D eigenvalue weighted by Gasteiger charge is 2.35. The van der Waals surface area contributed by atoms with Gasteiger partial charge in [0.1, 0.15) is 0 Å². The predicted molar refractivity (Wildman–Crippen MR) is 77.4 cm³/mol. The average Bonchev–Trinajstić information content (AvgIpc) is 2.87. The molecule has 2 aliphatic rings. The second-order valence-corrected chi connectivity index (χ2v) is 6.58. The Bertz CT molecular complexity index is 444. The molecule has 1 N–H and O–H groups in total. The zero-order valence-corrected chi connectivity index (χ0v) is 11.8. The van der Waals surface area contributed by atoms with Crippen LogP contribution < -0.4 is 10.2 Å². The molecule has 18 heavy (non-hydrogen) atoms. The fourth-order valence-electron chi connectivity index (χ4n) is 3.46. The van der Waals surface area contributed by atoms with Crippen molar-refractivity contribution in [2.24, 2.45) is 0 Å². The number of rotatable bonds is 2. The van der Waals surface area contributed by atoms with E-state index in [-0.39, 0.29) is 0 Å². The normalized spacial score (nSPS) is 25.5. The zero-order chi connectivity index (χ0) is 12.8. The summed E-state index contributed by atoms with van der Waals surface area (Å²) in [6, 6.07) is 7.62. The van der Waals surface area contributed by atoms with Crippen LogP contribution in [0.2, 0.25) is 0 Å². The lowest BCUT2D eigenvalue weighted by Gasteiger charge is -2.25. The second-order valence-electron chi connectivity index (χ2n) is 6.58. The van der Waals surface area contributed by atoms with Gasteiger partial charge in [-0.3, -0.25) is 0 Å². The van der Waals surface area contributed by atoms with Crippen LogP contribution in [0.25, 0.3) is 0 Å². The highest BCUT2D eigenvalue weighted by Crippen LogP contribution is 2.41. The fraction of sp³-hybridized carbons (Fsp3) is 0.625. The lowest BCUT2D eigenvalue weighted by Crippen LogP contribution is -2.38. The molecule has 0 radical (unpaired) electrons. The lowest BCUT2D eigenvalue weighted by molar-refractivity contribution is 0.520. The van der Waals surface area contributed by atoms with Crippen molar-refractivity contribution in [1.82, 2.24) is 5.32 Å². The molecule has 1 aromatic rings. The maximum absolute atomic E-state index is 3.61. The molecule has 0 amide bonds. The van der Waals surface area contributed by atoms with E-state index in [0.29, 0.717) is 11.5 Å². The van der Waals surface area contributed by atoms with Crippen molar-refractivity contribution in [3.8, 4) is 0 Å². The standard InChI is InChI=1S/C16H24N2/c1-12-6-7-14-15(9-12)18(11-16(14,2)3)10-13-5-4-8-17-13/h6-7,9,13,17H,4-5,8,10-11H2,1-3H3/t13-/m0/s1. The van der Waals surface area contributed by atoms with Crippen molar-refractivity contribution in [3.63, 3.8) is 0 Å². The minimum absolute atomic E-state index is 0.293. The Kier molecular flexibility index (Phi) is 2.86. The first-order valence-electron chi connectivity index (χ1n) is 7.16. The Hall–Kier alpha value is -1.02. The van der Waals surface area contributed by atoms with Crippen molar-refractivity contribution in [3.05, 3.63) is 29.3 Å². The van der Waals surface area contributed by atoms with E-state index in [0.717, 1.165) is 6.54 Å². The van der Waals surface area contributed by atoms with Gasteiger partial charge >= 0.3 is 0 Å². The highest BCUT2D eigenvalue weighted by atomic mass is 15.2. The Morgan fingerprint density at radius 3 is 2.94 bits per heavy atom. The molecule has 3 rings (SSSR count). The summed E-state index contributed by atoms with van der Waals surface area (Å²) in [4.78, 5) is 2.59. The maximum Gasteiger partial charge on any atom is 0.0408 e. The average molecular weight is 244 g/mol. The van der Waals surface area contributed by atoms with Crippen LogP contribution in [0.4, 0.5) is 5.69 Å². The second kappa shape index (κ2) is 4.27. The van der Waals surface area contributed by atoms with Crippen molar-refractivity contribution in [1.29, 1.82) is 0 Å². The van der Waals surface area contributed by atoms with E-state index < -0.39 is 0 Å². The SMILES string of the molecule is Cc1ccc2c(c1)N(C[C@@H]1CCCN1)CC2(C)C. The van der Waals surface area contributed by atoms with Crippen LogP contribution in [0.5, 0.6) is 0 Å². The molecule has 0 aromatic heterocycles. The molecule has 1 fully saturated rings. The zero-order valence-electron chi connectivity index (χ0n) is 11.8. The monoisotopic (exact) mass is 244 g/mol. The molecular weight excluding hydrogens is 220 g/mol. The summed E-state index contributed by atoms with van der Waals surface area (Å²) in [5.41, 5.74) is 4.65. The molecule has 2 nitrogen and oxygen atoms in total. The number of fused-ring (bicyclic) bond motifs is 1. The molecule has 1 saturated heterocycles. The van der Waals surface area contributed by atoms with Gasteiger partial charge in [0, 0.05) is 30.2 Å². The van der Waals surface area contributed by atoms with Gasteiger partial charge in [0.05, 0.1) is 0 Å². The van der Waals surface area contributed by atoms with E-state index in [1.807, 2.05) is 0 Å². The van der Waals surface area contributed by atoms with Gasteiger partial charge in [0.25, 0.3) is 0 Å². The molecule has 0 bridgehead atoms. The van der Waals surface area contributed by atoms with Gasteiger partial charge in [-0.25, -0.2) is 0 Å². The molecule has 2 aliphatic heterocycles. The summed E-state index contributed by atoms with van der Waals surface area (Å²) < 4.78 is 0. The molecule has 1 atom stereocenters. The summed E-state index contributed by atoms with van der Waals surface area (Å²) in [5.74, 6) is 0. The van der Waals surface area contributed by atoms with E-state index >= 15 is 0 Å². The topological polar surface area (TPSA) is 15.3 Å². The smallest absolute Gasteiger partial charge is 0.0408 e. The third kappa shape index (κ3) is 2.03. The molecular formula is C16H24N2. The third-order valence-corrected chi connectivity index (χ3v) is 4.41. The number of hydrogen-bond acceptors (Lipinski definition) is 2. The first-order valence-corrected chi connectivity index (χ1v) is 7.16. The number of nitrogens with zero attached hydrogens (tertiary/aromatic N) is 1. The van der Waals surface area contributed by atoms with Crippen LogP contribution in [0.15, 0.2) is 18.2 Å². The van der Waals surface area contributed by atoms with Crippen LogP contribution in [-0.4, -0.2) is 25.7 Å². The van der Waals surface area contributed by atoms with Gasteiger partial charge in [-0.1, -0.05) is 26.0 Å². The Balaban J connectivity index is 1.87. The molecule has 2 heterocycles. The van der Waals surface area contributed by atoms with Crippen LogP contribution in [0.1, 0.15) is 37.8 Å². The van der Waals surface area contributed by atoms with E-state index in [9.17, 15) is 0 Å². The van der Waals surface area contributed by atoms with Gasteiger partial charge in [-0.15, -0.1) is 0 Å². The maximum atomic E-state index is 3.61. The van der Waals surface area contributed by atoms with Crippen LogP contribution >= 0.6 is 0 Å². The predicted octanol–water partition coefficient (Wildman–Crippen LogP) is 2.84. The van der Waals surface area contributed by atoms with Gasteiger partial charge in [0.2, 0.25) is 0 Å². The number of hydrogen-bond donors (Lipinski definition) is 1. The molecule has 98 valence electrons. The summed E-state index contributed by atoms with van der Waals surface area (Å²) >= 11 is 0. The van der Waals surface area contributed by atoms with Crippen molar-refractivity contribution < 1.29 is 0 Å². The van der Waals surface area contributed by atoms with Gasteiger partial charge in [-0.2, -0.15) is 0 Å². The highest BCUT2D eigenvalue weighted by molar-refractivity contribution is 5.63. The van der Waals surface area contributed by atoms with Gasteiger partial charge in [0.15, 0.2) is 0 Å². The summed E-state index contributed by atoms with van der Waals surface area (Å²) in [7, 11) is 0. The number of nitrogens with one attached hydrogen (secondary N) is 1. The molecule has 0 unspecified atom stereocenters. The van der Waals surface area contributed by atoms with Crippen LogP contribution in [0.3, 0.4) is 0 Å². The Labute approximate surface area is 110 Å². The van der Waals surface area contributed by atoms with Crippen LogP contribution in [-0.2, 0) is 5.41 Å². The van der Waals surface area contributed by atoms with E-state index in [2.05, 4.69) is 49.2 Å². The minimum atomic E-state index is 0.293. The molecule has 2 heteroatoms. The molecule has 0 aliphatic carbocycles. The minimum Gasteiger partial charge on any atom is -0.369 e. The molecule has 0 spiro atoms. The summed E-state index contributed by atoms with van der Waals surface area (Å²) in [6.45, 7) is 10.4. The summed E-state index contributed by atoms with van der Waals surface area (Å²) in [5, 5.41) is 3.61. The molecule has 0 saturated carbocycles. The lowest BCUT2D eigenvalue weighted by atomic mass is 9.87. The first kappa shape index (κ1) is 12.0. The van der Waals surface area contributed by atoms with E-state index in [1.54, 1.807) is 0 Å². The first-order chi connectivity index (χ1) is 8.56. The molecule has 1 aromatic carbocycles. The van der Waals surface area contributed by atoms with Crippen molar-refractivity contribution in [2.75, 3.05) is 24.5 Å². The number of benzene rings is 1. The van der Waals surface area contributed by atoms with Crippen LogP contribution in [0, 0.1) is 6.92 Å². The number of anilines is 1. The Morgan fingerprint density at radius 2 is 2.22 bits per heavy atom. The largest absolute Gasteiger partial charge is 0.369 e. The quantitative estimate of drug-likeness (QED) is 0.860.